The Kier molecular flexibility index (Phi) is 5.11. The van der Waals surface area contributed by atoms with Gasteiger partial charge in [0.2, 0.25) is 5.91 Å². The fourth-order valence-corrected chi connectivity index (χ4v) is 3.85. The van der Waals surface area contributed by atoms with Gasteiger partial charge in [0.15, 0.2) is 0 Å². The first-order valence-electron chi connectivity index (χ1n) is 8.52. The summed E-state index contributed by atoms with van der Waals surface area (Å²) in [5, 5.41) is 3.13. The van der Waals surface area contributed by atoms with Gasteiger partial charge in [-0.25, -0.2) is 0 Å². The molecule has 3 rings (SSSR count). The molecule has 0 bridgehead atoms. The number of hydrogen-bond acceptors (Lipinski definition) is 3. The van der Waals surface area contributed by atoms with Gasteiger partial charge in [-0.05, 0) is 30.7 Å². The molecule has 3 N–H and O–H groups in total. The van der Waals surface area contributed by atoms with E-state index in [0.717, 1.165) is 25.9 Å². The van der Waals surface area contributed by atoms with E-state index in [1.54, 1.807) is 0 Å². The lowest BCUT2D eigenvalue weighted by atomic mass is 9.84. The molecule has 0 spiro atoms. The maximum Gasteiger partial charge on any atom is 0.234 e. The van der Waals surface area contributed by atoms with Gasteiger partial charge in [0.25, 0.3) is 0 Å². The molecule has 1 aromatic carbocycles. The minimum Gasteiger partial charge on any atom is -0.351 e. The summed E-state index contributed by atoms with van der Waals surface area (Å²) in [5.41, 5.74) is 7.54. The number of carbonyl (C=O) groups is 1. The van der Waals surface area contributed by atoms with Crippen molar-refractivity contribution < 1.29 is 4.79 Å². The van der Waals surface area contributed by atoms with Gasteiger partial charge >= 0.3 is 0 Å². The maximum atomic E-state index is 12.0. The molecule has 0 unspecified atom stereocenters. The first-order chi connectivity index (χ1) is 10.7. The van der Waals surface area contributed by atoms with Crippen LogP contribution in [0.15, 0.2) is 30.3 Å². The smallest absolute Gasteiger partial charge is 0.234 e. The topological polar surface area (TPSA) is 58.4 Å². The van der Waals surface area contributed by atoms with Crippen LogP contribution in [-0.4, -0.2) is 42.5 Å². The van der Waals surface area contributed by atoms with Crippen LogP contribution in [-0.2, 0) is 11.2 Å². The number of nitrogens with one attached hydrogen (secondary N) is 1. The summed E-state index contributed by atoms with van der Waals surface area (Å²) in [6.07, 6.45) is 5.79. The second-order valence-corrected chi connectivity index (χ2v) is 6.86. The number of nitrogens with two attached hydrogens (primary N) is 1. The van der Waals surface area contributed by atoms with E-state index >= 15 is 0 Å². The van der Waals surface area contributed by atoms with Crippen molar-refractivity contribution >= 4 is 5.91 Å². The molecule has 120 valence electrons. The fraction of sp³-hybridized carbons (Fsp3) is 0.611. The molecule has 3 atom stereocenters. The zero-order valence-corrected chi connectivity index (χ0v) is 13.2. The van der Waals surface area contributed by atoms with E-state index in [1.807, 2.05) is 6.07 Å². The van der Waals surface area contributed by atoms with Crippen molar-refractivity contribution in [2.45, 2.75) is 44.2 Å². The first kappa shape index (κ1) is 15.5. The van der Waals surface area contributed by atoms with Crippen molar-refractivity contribution in [2.75, 3.05) is 19.6 Å². The van der Waals surface area contributed by atoms with Crippen molar-refractivity contribution in [3.05, 3.63) is 35.9 Å². The first-order valence-corrected chi connectivity index (χ1v) is 8.52. The summed E-state index contributed by atoms with van der Waals surface area (Å²) < 4.78 is 0. The molecule has 4 nitrogen and oxygen atoms in total. The Bertz CT molecular complexity index is 490. The highest BCUT2D eigenvalue weighted by Gasteiger charge is 2.29. The summed E-state index contributed by atoms with van der Waals surface area (Å²) in [4.78, 5) is 14.3. The third kappa shape index (κ3) is 4.08. The molecule has 4 heteroatoms. The second-order valence-electron chi connectivity index (χ2n) is 6.86. The fourth-order valence-electron chi connectivity index (χ4n) is 3.85. The molecule has 2 aliphatic rings. The van der Waals surface area contributed by atoms with Gasteiger partial charge < -0.3 is 11.1 Å². The SMILES string of the molecule is N[C@@H]1CCCC[C@@H]1CN1CC(=O)N[C@@H](Cc2ccccc2)C1. The van der Waals surface area contributed by atoms with Gasteiger partial charge in [-0.2, -0.15) is 0 Å². The highest BCUT2D eigenvalue weighted by atomic mass is 16.2. The highest BCUT2D eigenvalue weighted by Crippen LogP contribution is 2.24. The van der Waals surface area contributed by atoms with Crippen LogP contribution in [0.2, 0.25) is 0 Å². The number of carbonyl (C=O) groups excluding carboxylic acids is 1. The molecule has 1 aliphatic heterocycles. The summed E-state index contributed by atoms with van der Waals surface area (Å²) >= 11 is 0. The molecule has 1 amide bonds. The predicted octanol–water partition coefficient (Wildman–Crippen LogP) is 1.55. The van der Waals surface area contributed by atoms with Gasteiger partial charge in [-0.15, -0.1) is 0 Å². The van der Waals surface area contributed by atoms with Crippen molar-refractivity contribution in [2.24, 2.45) is 11.7 Å². The number of nitrogens with zero attached hydrogens (tertiary/aromatic N) is 1. The number of piperazine rings is 1. The van der Waals surface area contributed by atoms with E-state index < -0.39 is 0 Å². The molecule has 1 saturated carbocycles. The van der Waals surface area contributed by atoms with Crippen molar-refractivity contribution in [3.63, 3.8) is 0 Å². The summed E-state index contributed by atoms with van der Waals surface area (Å²) in [6, 6.07) is 10.9. The molecule has 0 aromatic heterocycles. The summed E-state index contributed by atoms with van der Waals surface area (Å²) in [5.74, 6) is 0.702. The minimum atomic E-state index is 0.150. The molecule has 2 fully saturated rings. The third-order valence-electron chi connectivity index (χ3n) is 5.00. The molecule has 1 aromatic rings. The van der Waals surface area contributed by atoms with E-state index in [0.29, 0.717) is 18.5 Å². The second kappa shape index (κ2) is 7.25. The van der Waals surface area contributed by atoms with Gasteiger partial charge in [0, 0.05) is 25.2 Å². The molecular weight excluding hydrogens is 274 g/mol. The third-order valence-corrected chi connectivity index (χ3v) is 5.00. The van der Waals surface area contributed by atoms with Crippen molar-refractivity contribution in [1.29, 1.82) is 0 Å². The quantitative estimate of drug-likeness (QED) is 0.887. The van der Waals surface area contributed by atoms with E-state index in [4.69, 9.17) is 5.73 Å². The highest BCUT2D eigenvalue weighted by molar-refractivity contribution is 5.79. The minimum absolute atomic E-state index is 0.150. The molecule has 0 radical (unpaired) electrons. The molecule has 1 aliphatic carbocycles. The number of benzene rings is 1. The lowest BCUT2D eigenvalue weighted by Gasteiger charge is -2.38. The van der Waals surface area contributed by atoms with Crippen LogP contribution in [0.3, 0.4) is 0 Å². The van der Waals surface area contributed by atoms with Crippen molar-refractivity contribution in [3.8, 4) is 0 Å². The summed E-state index contributed by atoms with van der Waals surface area (Å²) in [6.45, 7) is 2.43. The molecular formula is C18H27N3O. The van der Waals surface area contributed by atoms with Crippen LogP contribution in [0.25, 0.3) is 0 Å². The molecule has 1 saturated heterocycles. The van der Waals surface area contributed by atoms with Gasteiger partial charge in [0.1, 0.15) is 0 Å². The van der Waals surface area contributed by atoms with Gasteiger partial charge in [-0.3, -0.25) is 9.69 Å². The molecule has 22 heavy (non-hydrogen) atoms. The van der Waals surface area contributed by atoms with E-state index in [9.17, 15) is 4.79 Å². The monoisotopic (exact) mass is 301 g/mol. The van der Waals surface area contributed by atoms with Crippen LogP contribution in [0.1, 0.15) is 31.2 Å². The lowest BCUT2D eigenvalue weighted by molar-refractivity contribution is -0.125. The normalized spacial score (nSPS) is 30.0. The predicted molar refractivity (Wildman–Crippen MR) is 88.5 cm³/mol. The maximum absolute atomic E-state index is 12.0. The largest absolute Gasteiger partial charge is 0.351 e. The van der Waals surface area contributed by atoms with E-state index in [-0.39, 0.29) is 11.9 Å². The van der Waals surface area contributed by atoms with Crippen LogP contribution in [0, 0.1) is 5.92 Å². The average molecular weight is 301 g/mol. The van der Waals surface area contributed by atoms with Crippen LogP contribution < -0.4 is 11.1 Å². The van der Waals surface area contributed by atoms with Gasteiger partial charge in [-0.1, -0.05) is 43.2 Å². The van der Waals surface area contributed by atoms with Crippen LogP contribution in [0.4, 0.5) is 0 Å². The Morgan fingerprint density at radius 2 is 1.95 bits per heavy atom. The van der Waals surface area contributed by atoms with Crippen LogP contribution in [0.5, 0.6) is 0 Å². The zero-order valence-electron chi connectivity index (χ0n) is 13.2. The van der Waals surface area contributed by atoms with Crippen molar-refractivity contribution in [1.82, 2.24) is 10.2 Å². The molecule has 1 heterocycles. The average Bonchev–Trinajstić information content (AvgIpc) is 2.50. The Hall–Kier alpha value is -1.39. The Morgan fingerprint density at radius 1 is 1.18 bits per heavy atom. The van der Waals surface area contributed by atoms with Gasteiger partial charge in [0.05, 0.1) is 6.54 Å². The van der Waals surface area contributed by atoms with E-state index in [1.165, 1.54) is 24.8 Å². The Balaban J connectivity index is 1.57. The Morgan fingerprint density at radius 3 is 2.73 bits per heavy atom. The number of rotatable bonds is 4. The van der Waals surface area contributed by atoms with Crippen LogP contribution >= 0.6 is 0 Å². The zero-order chi connectivity index (χ0) is 15.4. The summed E-state index contributed by atoms with van der Waals surface area (Å²) in [7, 11) is 0. The lowest BCUT2D eigenvalue weighted by Crippen LogP contribution is -2.56. The van der Waals surface area contributed by atoms with E-state index in [2.05, 4.69) is 34.5 Å². The standard InChI is InChI=1S/C18H27N3O/c19-17-9-5-4-8-15(17)11-21-12-16(20-18(22)13-21)10-14-6-2-1-3-7-14/h1-3,6-7,15-17H,4-5,8-13,19H2,(H,20,22)/t15-,16+,17-/m1/s1. The number of amides is 1. The Labute approximate surface area is 133 Å². The number of hydrogen-bond donors (Lipinski definition) is 2.